The Kier molecular flexibility index (Phi) is 5.45. The number of hydrogen-bond acceptors (Lipinski definition) is 5. The molecule has 1 aromatic carbocycles. The molecule has 1 aliphatic rings. The quantitative estimate of drug-likeness (QED) is 0.851. The van der Waals surface area contributed by atoms with Gasteiger partial charge in [0, 0.05) is 31.9 Å². The van der Waals surface area contributed by atoms with Crippen molar-refractivity contribution in [3.05, 3.63) is 53.9 Å². The van der Waals surface area contributed by atoms with Crippen LogP contribution in [0.4, 0.5) is 0 Å². The lowest BCUT2D eigenvalue weighted by Gasteiger charge is -2.16. The molecule has 1 unspecified atom stereocenters. The lowest BCUT2D eigenvalue weighted by molar-refractivity contribution is 0.138. The maximum Gasteiger partial charge on any atom is 0.161 e. The van der Waals surface area contributed by atoms with Gasteiger partial charge < -0.3 is 19.5 Å². The second-order valence-electron chi connectivity index (χ2n) is 5.55. The molecular formula is C18H22N2O3. The van der Waals surface area contributed by atoms with Crippen LogP contribution in [0.25, 0.3) is 0 Å². The first-order valence-corrected chi connectivity index (χ1v) is 7.86. The van der Waals surface area contributed by atoms with Gasteiger partial charge in [0.1, 0.15) is 6.10 Å². The molecule has 0 amide bonds. The van der Waals surface area contributed by atoms with E-state index in [1.54, 1.807) is 13.3 Å². The fraction of sp³-hybridized carbons (Fsp3) is 0.389. The van der Waals surface area contributed by atoms with Crippen molar-refractivity contribution in [1.82, 2.24) is 10.3 Å². The zero-order chi connectivity index (χ0) is 15.9. The summed E-state index contributed by atoms with van der Waals surface area (Å²) in [6, 6.07) is 10.0. The van der Waals surface area contributed by atoms with Gasteiger partial charge in [-0.25, -0.2) is 0 Å². The molecule has 0 spiro atoms. The van der Waals surface area contributed by atoms with Crippen molar-refractivity contribution < 1.29 is 14.2 Å². The Bertz CT molecular complexity index is 613. The minimum Gasteiger partial charge on any atom is -0.493 e. The molecule has 5 heteroatoms. The number of pyridine rings is 1. The Morgan fingerprint density at radius 1 is 1.22 bits per heavy atom. The fourth-order valence-corrected chi connectivity index (χ4v) is 2.56. The summed E-state index contributed by atoms with van der Waals surface area (Å²) < 4.78 is 16.7. The third kappa shape index (κ3) is 4.43. The number of nitrogens with one attached hydrogen (secondary N) is 1. The molecule has 122 valence electrons. The number of aromatic nitrogens is 1. The van der Waals surface area contributed by atoms with Gasteiger partial charge in [0.15, 0.2) is 11.5 Å². The van der Waals surface area contributed by atoms with Crippen LogP contribution in [0.2, 0.25) is 0 Å². The molecular weight excluding hydrogens is 292 g/mol. The second kappa shape index (κ2) is 7.94. The molecule has 1 aliphatic heterocycles. The van der Waals surface area contributed by atoms with Crippen molar-refractivity contribution in [2.24, 2.45) is 0 Å². The minimum atomic E-state index is 0.124. The first kappa shape index (κ1) is 15.8. The van der Waals surface area contributed by atoms with E-state index < -0.39 is 0 Å². The highest BCUT2D eigenvalue weighted by molar-refractivity contribution is 5.43. The first-order valence-electron chi connectivity index (χ1n) is 7.86. The van der Waals surface area contributed by atoms with E-state index in [0.717, 1.165) is 43.2 Å². The number of methoxy groups -OCH3 is 1. The molecule has 5 nitrogen and oxygen atoms in total. The van der Waals surface area contributed by atoms with Gasteiger partial charge in [0.25, 0.3) is 0 Å². The molecule has 1 aromatic heterocycles. The molecule has 23 heavy (non-hydrogen) atoms. The number of nitrogens with zero attached hydrogens (tertiary/aromatic N) is 1. The summed E-state index contributed by atoms with van der Waals surface area (Å²) >= 11 is 0. The zero-order valence-electron chi connectivity index (χ0n) is 13.3. The highest BCUT2D eigenvalue weighted by atomic mass is 16.6. The van der Waals surface area contributed by atoms with E-state index in [2.05, 4.69) is 22.4 Å². The Morgan fingerprint density at radius 3 is 2.87 bits per heavy atom. The first-order chi connectivity index (χ1) is 11.3. The summed E-state index contributed by atoms with van der Waals surface area (Å²) in [7, 11) is 1.67. The van der Waals surface area contributed by atoms with Gasteiger partial charge in [0.2, 0.25) is 0 Å². The summed E-state index contributed by atoms with van der Waals surface area (Å²) in [5.41, 5.74) is 2.32. The molecule has 0 aliphatic carbocycles. The number of ether oxygens (including phenoxy) is 3. The van der Waals surface area contributed by atoms with Crippen molar-refractivity contribution in [3.8, 4) is 11.5 Å². The topological polar surface area (TPSA) is 52.6 Å². The van der Waals surface area contributed by atoms with E-state index in [4.69, 9.17) is 14.2 Å². The smallest absolute Gasteiger partial charge is 0.161 e. The third-order valence-corrected chi connectivity index (χ3v) is 3.79. The van der Waals surface area contributed by atoms with Crippen LogP contribution in [0.1, 0.15) is 17.5 Å². The van der Waals surface area contributed by atoms with Gasteiger partial charge in [-0.15, -0.1) is 0 Å². The Morgan fingerprint density at radius 2 is 2.13 bits per heavy atom. The van der Waals surface area contributed by atoms with Gasteiger partial charge in [-0.2, -0.15) is 0 Å². The predicted molar refractivity (Wildman–Crippen MR) is 87.6 cm³/mol. The van der Waals surface area contributed by atoms with Gasteiger partial charge >= 0.3 is 0 Å². The number of hydrogen-bond donors (Lipinski definition) is 1. The summed E-state index contributed by atoms with van der Waals surface area (Å²) in [6.07, 6.45) is 4.70. The summed E-state index contributed by atoms with van der Waals surface area (Å²) in [5, 5.41) is 3.41. The normalized spacial score (nSPS) is 17.2. The Hall–Kier alpha value is -2.11. The zero-order valence-corrected chi connectivity index (χ0v) is 13.3. The Labute approximate surface area is 136 Å². The van der Waals surface area contributed by atoms with Crippen LogP contribution in [0.15, 0.2) is 42.7 Å². The lowest BCUT2D eigenvalue weighted by Crippen LogP contribution is -2.16. The van der Waals surface area contributed by atoms with Crippen molar-refractivity contribution in [1.29, 1.82) is 0 Å². The molecule has 0 bridgehead atoms. The predicted octanol–water partition coefficient (Wildman–Crippen LogP) is 2.55. The van der Waals surface area contributed by atoms with E-state index in [9.17, 15) is 0 Å². The standard InChI is InChI=1S/C18H22N2O3/c1-21-18-9-14(10-20-12-15-3-2-7-19-11-15)4-5-17(18)23-16-6-8-22-13-16/h2-5,7,9,11,16,20H,6,8,10,12-13H2,1H3. The van der Waals surface area contributed by atoms with E-state index in [-0.39, 0.29) is 6.10 Å². The van der Waals surface area contributed by atoms with Crippen LogP contribution in [0, 0.1) is 0 Å². The molecule has 2 aromatic rings. The van der Waals surface area contributed by atoms with Crippen LogP contribution in [0.3, 0.4) is 0 Å². The van der Waals surface area contributed by atoms with Crippen LogP contribution in [0.5, 0.6) is 11.5 Å². The molecule has 0 saturated carbocycles. The molecule has 0 radical (unpaired) electrons. The van der Waals surface area contributed by atoms with Gasteiger partial charge in [0.05, 0.1) is 20.3 Å². The number of benzene rings is 1. The Balaban J connectivity index is 1.57. The second-order valence-corrected chi connectivity index (χ2v) is 5.55. The van der Waals surface area contributed by atoms with Crippen molar-refractivity contribution in [3.63, 3.8) is 0 Å². The largest absolute Gasteiger partial charge is 0.493 e. The van der Waals surface area contributed by atoms with Crippen LogP contribution in [-0.4, -0.2) is 31.4 Å². The van der Waals surface area contributed by atoms with Crippen LogP contribution >= 0.6 is 0 Å². The molecule has 3 rings (SSSR count). The van der Waals surface area contributed by atoms with E-state index >= 15 is 0 Å². The summed E-state index contributed by atoms with van der Waals surface area (Å²) in [6.45, 7) is 2.97. The van der Waals surface area contributed by atoms with E-state index in [1.807, 2.05) is 24.4 Å². The lowest BCUT2D eigenvalue weighted by atomic mass is 10.2. The molecule has 1 saturated heterocycles. The maximum atomic E-state index is 5.95. The molecule has 1 atom stereocenters. The monoisotopic (exact) mass is 314 g/mol. The molecule has 2 heterocycles. The van der Waals surface area contributed by atoms with E-state index in [0.29, 0.717) is 6.61 Å². The average molecular weight is 314 g/mol. The summed E-state index contributed by atoms with van der Waals surface area (Å²) in [4.78, 5) is 4.11. The van der Waals surface area contributed by atoms with Crippen LogP contribution < -0.4 is 14.8 Å². The van der Waals surface area contributed by atoms with Gasteiger partial charge in [-0.05, 0) is 29.3 Å². The highest BCUT2D eigenvalue weighted by Gasteiger charge is 2.19. The fourth-order valence-electron chi connectivity index (χ4n) is 2.56. The van der Waals surface area contributed by atoms with E-state index in [1.165, 1.54) is 5.56 Å². The average Bonchev–Trinajstić information content (AvgIpc) is 3.10. The van der Waals surface area contributed by atoms with Gasteiger partial charge in [-0.3, -0.25) is 4.98 Å². The molecule has 1 fully saturated rings. The van der Waals surface area contributed by atoms with Gasteiger partial charge in [-0.1, -0.05) is 12.1 Å². The van der Waals surface area contributed by atoms with Crippen LogP contribution in [-0.2, 0) is 17.8 Å². The number of rotatable bonds is 7. The highest BCUT2D eigenvalue weighted by Crippen LogP contribution is 2.30. The van der Waals surface area contributed by atoms with Crippen molar-refractivity contribution in [2.45, 2.75) is 25.6 Å². The van der Waals surface area contributed by atoms with Crippen molar-refractivity contribution >= 4 is 0 Å². The maximum absolute atomic E-state index is 5.95. The minimum absolute atomic E-state index is 0.124. The molecule has 1 N–H and O–H groups in total. The SMILES string of the molecule is COc1cc(CNCc2cccnc2)ccc1OC1CCOC1. The van der Waals surface area contributed by atoms with Crippen molar-refractivity contribution in [2.75, 3.05) is 20.3 Å². The summed E-state index contributed by atoms with van der Waals surface area (Å²) in [5.74, 6) is 1.54. The third-order valence-electron chi connectivity index (χ3n) is 3.79.